The highest BCUT2D eigenvalue weighted by molar-refractivity contribution is 8.14. The van der Waals surface area contributed by atoms with Crippen molar-refractivity contribution in [1.82, 2.24) is 0 Å². The topological polar surface area (TPSA) is 129 Å². The molecule has 1 aromatic rings. The molecule has 4 aliphatic carbocycles. The number of fused-ring (bicyclic) bond motifs is 5. The molecule has 0 aliphatic heterocycles. The molecule has 254 valence electrons. The number of hydrogen-bond donors (Lipinski definition) is 1. The highest BCUT2D eigenvalue weighted by Gasteiger charge is 2.78. The van der Waals surface area contributed by atoms with Crippen molar-refractivity contribution in [2.24, 2.45) is 34.5 Å². The van der Waals surface area contributed by atoms with Gasteiger partial charge in [0.15, 0.2) is 23.7 Å². The van der Waals surface area contributed by atoms with Crippen LogP contribution in [0.3, 0.4) is 0 Å². The number of ketones is 1. The van der Waals surface area contributed by atoms with Gasteiger partial charge in [0.2, 0.25) is 10.9 Å². The Morgan fingerprint density at radius 2 is 1.91 bits per heavy atom. The second-order valence-electron chi connectivity index (χ2n) is 13.8. The molecule has 0 radical (unpaired) electrons. The lowest BCUT2D eigenvalue weighted by Crippen LogP contribution is -2.70. The average Bonchev–Trinajstić information content (AvgIpc) is 3.63. The number of furan rings is 1. The van der Waals surface area contributed by atoms with Crippen molar-refractivity contribution >= 4 is 34.8 Å². The Hall–Kier alpha value is -3.43. The number of hydrogen-bond acceptors (Lipinski definition) is 10. The van der Waals surface area contributed by atoms with Crippen molar-refractivity contribution in [2.75, 3.05) is 19.0 Å². The van der Waals surface area contributed by atoms with Crippen LogP contribution in [0.4, 0.5) is 13.6 Å². The van der Waals surface area contributed by atoms with E-state index in [4.69, 9.17) is 18.6 Å². The smallest absolute Gasteiger partial charge is 0.457 e. The first-order chi connectivity index (χ1) is 22.1. The molecule has 1 heterocycles. The molecule has 12 heteroatoms. The van der Waals surface area contributed by atoms with E-state index in [0.29, 0.717) is 0 Å². The molecular weight excluding hydrogens is 634 g/mol. The van der Waals surface area contributed by atoms with E-state index in [0.717, 1.165) is 17.8 Å². The number of aliphatic hydroxyl groups is 1. The Morgan fingerprint density at radius 3 is 2.60 bits per heavy atom. The summed E-state index contributed by atoms with van der Waals surface area (Å²) >= 11 is 0.791. The van der Waals surface area contributed by atoms with Gasteiger partial charge in [0, 0.05) is 22.7 Å². The SMILES string of the molecule is CC(C)COC(=O)OCC#CCSC(=O)[C@@]1(OC(=O)c2ccco2)[C@@H](C)C[C@H]2[C@@H]3C[C@H](F)C4=CC(=O)C=C[C@]4(C)[C@@]3(F)[C@@H](O)C[C@@]21C. The molecule has 0 bridgehead atoms. The van der Waals surface area contributed by atoms with Crippen LogP contribution in [0.1, 0.15) is 64.4 Å². The van der Waals surface area contributed by atoms with E-state index in [2.05, 4.69) is 11.8 Å². The highest BCUT2D eigenvalue weighted by atomic mass is 32.2. The Morgan fingerprint density at radius 1 is 1.17 bits per heavy atom. The molecule has 0 unspecified atom stereocenters. The van der Waals surface area contributed by atoms with Crippen LogP contribution in [0.2, 0.25) is 0 Å². The van der Waals surface area contributed by atoms with Crippen molar-refractivity contribution in [3.8, 4) is 11.8 Å². The third-order valence-corrected chi connectivity index (χ3v) is 11.5. The van der Waals surface area contributed by atoms with Gasteiger partial charge in [0.1, 0.15) is 6.17 Å². The lowest BCUT2D eigenvalue weighted by atomic mass is 9.44. The fourth-order valence-electron chi connectivity index (χ4n) is 8.49. The second-order valence-corrected chi connectivity index (χ2v) is 14.7. The average molecular weight is 675 g/mol. The minimum absolute atomic E-state index is 0.00432. The van der Waals surface area contributed by atoms with Gasteiger partial charge in [-0.2, -0.15) is 0 Å². The first-order valence-electron chi connectivity index (χ1n) is 15.8. The zero-order chi connectivity index (χ0) is 34.4. The summed E-state index contributed by atoms with van der Waals surface area (Å²) in [5.74, 6) is 1.61. The monoisotopic (exact) mass is 674 g/mol. The summed E-state index contributed by atoms with van der Waals surface area (Å²) in [7, 11) is 0. The Balaban J connectivity index is 1.45. The molecule has 9 atom stereocenters. The van der Waals surface area contributed by atoms with Crippen molar-refractivity contribution in [2.45, 2.75) is 77.4 Å². The van der Waals surface area contributed by atoms with E-state index in [1.54, 1.807) is 13.8 Å². The Bertz CT molecular complexity index is 1540. The fraction of sp³-hybridized carbons (Fsp3) is 0.600. The second kappa shape index (κ2) is 12.9. The number of carbonyl (C=O) groups is 4. The molecule has 4 aliphatic rings. The van der Waals surface area contributed by atoms with Crippen LogP contribution in [-0.2, 0) is 23.8 Å². The molecule has 5 rings (SSSR count). The zero-order valence-electron chi connectivity index (χ0n) is 27.0. The van der Waals surface area contributed by atoms with Gasteiger partial charge in [-0.05, 0) is 67.9 Å². The van der Waals surface area contributed by atoms with E-state index in [9.17, 15) is 24.3 Å². The van der Waals surface area contributed by atoms with Gasteiger partial charge in [0.25, 0.3) is 0 Å². The number of aliphatic hydroxyl groups excluding tert-OH is 1. The molecule has 47 heavy (non-hydrogen) atoms. The molecule has 3 fully saturated rings. The molecule has 0 spiro atoms. The fourth-order valence-corrected chi connectivity index (χ4v) is 9.49. The number of alkyl halides is 2. The number of esters is 1. The molecule has 3 saturated carbocycles. The van der Waals surface area contributed by atoms with Crippen LogP contribution in [0.25, 0.3) is 0 Å². The summed E-state index contributed by atoms with van der Waals surface area (Å²) in [6, 6.07) is 2.89. The number of carbonyl (C=O) groups excluding carboxylic acids is 4. The molecule has 0 aromatic carbocycles. The molecule has 0 amide bonds. The predicted octanol–water partition coefficient (Wildman–Crippen LogP) is 5.81. The Kier molecular flexibility index (Phi) is 9.56. The van der Waals surface area contributed by atoms with Gasteiger partial charge in [-0.15, -0.1) is 0 Å². The minimum Gasteiger partial charge on any atom is -0.457 e. The first-order valence-corrected chi connectivity index (χ1v) is 16.8. The van der Waals surface area contributed by atoms with Gasteiger partial charge in [-0.1, -0.05) is 57.4 Å². The van der Waals surface area contributed by atoms with Gasteiger partial charge in [-0.3, -0.25) is 9.59 Å². The van der Waals surface area contributed by atoms with E-state index in [1.165, 1.54) is 37.5 Å². The highest BCUT2D eigenvalue weighted by Crippen LogP contribution is 2.72. The minimum atomic E-state index is -2.36. The third-order valence-electron chi connectivity index (χ3n) is 10.6. The summed E-state index contributed by atoms with van der Waals surface area (Å²) in [4.78, 5) is 51.6. The van der Waals surface area contributed by atoms with Crippen molar-refractivity contribution in [3.63, 3.8) is 0 Å². The molecule has 0 saturated heterocycles. The summed E-state index contributed by atoms with van der Waals surface area (Å²) in [5.41, 5.74) is -7.15. The standard InChI is InChI=1S/C35H40F2O9S/c1-20(2)19-45-31(42)44-12-6-7-14-47-30(41)35(46-29(40)27-9-8-13-43-27)21(3)15-23-24-17-26(36)25-16-22(38)10-11-32(25,4)34(24,37)28(39)18-33(23,35)5/h8-11,13,16,20-21,23-24,26,28,39H,12,14-15,17-19H2,1-5H3/t21-,23-,24-,26-,28-,32-,33-,34-,35-/m0/s1. The van der Waals surface area contributed by atoms with Gasteiger partial charge in [-0.25, -0.2) is 18.4 Å². The zero-order valence-corrected chi connectivity index (χ0v) is 27.9. The van der Waals surface area contributed by atoms with Crippen LogP contribution < -0.4 is 0 Å². The number of allylic oxidation sites excluding steroid dienone is 4. The van der Waals surface area contributed by atoms with E-state index < -0.39 is 75.2 Å². The number of rotatable bonds is 7. The van der Waals surface area contributed by atoms with Crippen LogP contribution in [0.5, 0.6) is 0 Å². The molecular formula is C35H40F2O9S. The molecule has 1 N–H and O–H groups in total. The van der Waals surface area contributed by atoms with E-state index >= 15 is 8.78 Å². The van der Waals surface area contributed by atoms with E-state index in [-0.39, 0.29) is 55.5 Å². The number of ether oxygens (including phenoxy) is 3. The number of thioether (sulfide) groups is 1. The summed E-state index contributed by atoms with van der Waals surface area (Å²) in [6.07, 6.45) is 0.393. The van der Waals surface area contributed by atoms with Crippen molar-refractivity contribution in [1.29, 1.82) is 0 Å². The Labute approximate surface area is 276 Å². The molecule has 9 nitrogen and oxygen atoms in total. The maximum atomic E-state index is 17.7. The third kappa shape index (κ3) is 5.63. The van der Waals surface area contributed by atoms with E-state index in [1.807, 2.05) is 13.8 Å². The van der Waals surface area contributed by atoms with Crippen LogP contribution in [0.15, 0.2) is 46.6 Å². The normalized spacial score (nSPS) is 37.1. The maximum Gasteiger partial charge on any atom is 0.509 e. The van der Waals surface area contributed by atoms with Gasteiger partial charge >= 0.3 is 12.1 Å². The maximum absolute atomic E-state index is 17.7. The molecule has 1 aromatic heterocycles. The lowest BCUT2D eigenvalue weighted by molar-refractivity contribution is -0.221. The van der Waals surface area contributed by atoms with Gasteiger partial charge < -0.3 is 23.7 Å². The predicted molar refractivity (Wildman–Crippen MR) is 167 cm³/mol. The van der Waals surface area contributed by atoms with Crippen LogP contribution in [0, 0.1) is 46.3 Å². The first kappa shape index (κ1) is 34.9. The van der Waals surface area contributed by atoms with Crippen molar-refractivity contribution < 1.29 is 51.7 Å². The van der Waals surface area contributed by atoms with Crippen LogP contribution >= 0.6 is 11.8 Å². The van der Waals surface area contributed by atoms with Crippen LogP contribution in [-0.4, -0.2) is 70.6 Å². The van der Waals surface area contributed by atoms with Crippen molar-refractivity contribution in [3.05, 3.63) is 48.0 Å². The lowest BCUT2D eigenvalue weighted by Gasteiger charge is -2.63. The largest absolute Gasteiger partial charge is 0.509 e. The number of halogens is 2. The quantitative estimate of drug-likeness (QED) is 0.279. The summed E-state index contributed by atoms with van der Waals surface area (Å²) in [6.45, 7) is 8.64. The summed E-state index contributed by atoms with van der Waals surface area (Å²) < 4.78 is 54.8. The van der Waals surface area contributed by atoms with Gasteiger partial charge in [0.05, 0.1) is 24.7 Å². The summed E-state index contributed by atoms with van der Waals surface area (Å²) in [5, 5.41) is 11.2.